The van der Waals surface area contributed by atoms with Crippen molar-refractivity contribution >= 4 is 28.6 Å². The number of carbonyl (C=O) groups is 3. The van der Waals surface area contributed by atoms with E-state index in [1.165, 1.54) is 5.56 Å². The standard InChI is InChI=1S/C32H34N4O5/c1-19-14-35(15-20-2-6-26-21(12-20)3-7-27(33-26)22-10-11-40-18-22)17-29(19)41-24-4-5-25-23(13-24)16-36(32(25)39)28-8-9-30(37)34-31(28)38/h2-7,12-13,19,22,28-29H,8-11,14-18H2,1H3,(H,34,37,38)/t19-,22+,28?,29-/m1/s1. The predicted molar refractivity (Wildman–Crippen MR) is 151 cm³/mol. The van der Waals surface area contributed by atoms with E-state index >= 15 is 0 Å². The lowest BCUT2D eigenvalue weighted by atomic mass is 10.0. The predicted octanol–water partition coefficient (Wildman–Crippen LogP) is 3.40. The summed E-state index contributed by atoms with van der Waals surface area (Å²) in [4.78, 5) is 45.8. The molecule has 1 aromatic heterocycles. The van der Waals surface area contributed by atoms with Gasteiger partial charge in [-0.25, -0.2) is 0 Å². The van der Waals surface area contributed by atoms with Crippen molar-refractivity contribution in [3.63, 3.8) is 0 Å². The van der Waals surface area contributed by atoms with Crippen LogP contribution in [0.3, 0.4) is 0 Å². The molecule has 5 heterocycles. The number of fused-ring (bicyclic) bond motifs is 2. The van der Waals surface area contributed by atoms with Crippen LogP contribution in [-0.2, 0) is 27.4 Å². The number of likely N-dealkylation sites (tertiary alicyclic amines) is 1. The van der Waals surface area contributed by atoms with Gasteiger partial charge in [-0.1, -0.05) is 19.1 Å². The lowest BCUT2D eigenvalue weighted by Crippen LogP contribution is -2.52. The van der Waals surface area contributed by atoms with Crippen LogP contribution >= 0.6 is 0 Å². The molecule has 0 spiro atoms. The summed E-state index contributed by atoms with van der Waals surface area (Å²) >= 11 is 0. The summed E-state index contributed by atoms with van der Waals surface area (Å²) in [7, 11) is 0. The zero-order chi connectivity index (χ0) is 28.1. The number of nitrogens with one attached hydrogen (secondary N) is 1. The number of nitrogens with zero attached hydrogens (tertiary/aromatic N) is 3. The molecule has 9 heteroatoms. The van der Waals surface area contributed by atoms with Gasteiger partial charge in [-0.2, -0.15) is 0 Å². The minimum atomic E-state index is -0.616. The molecular weight excluding hydrogens is 520 g/mol. The molecule has 41 heavy (non-hydrogen) atoms. The van der Waals surface area contributed by atoms with Crippen LogP contribution in [0.15, 0.2) is 48.5 Å². The molecule has 1 unspecified atom stereocenters. The first-order valence-electron chi connectivity index (χ1n) is 14.6. The molecule has 4 atom stereocenters. The number of hydrogen-bond donors (Lipinski definition) is 1. The monoisotopic (exact) mass is 554 g/mol. The topological polar surface area (TPSA) is 101 Å². The lowest BCUT2D eigenvalue weighted by molar-refractivity contribution is -0.136. The highest BCUT2D eigenvalue weighted by Gasteiger charge is 2.39. The molecule has 0 radical (unpaired) electrons. The first-order valence-corrected chi connectivity index (χ1v) is 14.6. The number of amides is 3. The van der Waals surface area contributed by atoms with Crippen molar-refractivity contribution in [2.24, 2.45) is 5.92 Å². The molecule has 212 valence electrons. The number of hydrogen-bond acceptors (Lipinski definition) is 7. The highest BCUT2D eigenvalue weighted by Crippen LogP contribution is 2.32. The van der Waals surface area contributed by atoms with Crippen molar-refractivity contribution < 1.29 is 23.9 Å². The molecule has 0 aliphatic carbocycles. The maximum atomic E-state index is 13.0. The molecule has 3 amide bonds. The highest BCUT2D eigenvalue weighted by atomic mass is 16.5. The van der Waals surface area contributed by atoms with Gasteiger partial charge in [0, 0.05) is 67.7 Å². The van der Waals surface area contributed by atoms with Crippen LogP contribution in [-0.4, -0.2) is 71.0 Å². The minimum absolute atomic E-state index is 0.0368. The van der Waals surface area contributed by atoms with E-state index in [1.54, 1.807) is 11.0 Å². The summed E-state index contributed by atoms with van der Waals surface area (Å²) in [5, 5.41) is 3.51. The molecule has 0 bridgehead atoms. The molecule has 3 fully saturated rings. The minimum Gasteiger partial charge on any atom is -0.489 e. The summed E-state index contributed by atoms with van der Waals surface area (Å²) in [6.07, 6.45) is 1.68. The summed E-state index contributed by atoms with van der Waals surface area (Å²) in [6.45, 7) is 6.74. The maximum absolute atomic E-state index is 13.0. The van der Waals surface area contributed by atoms with Crippen LogP contribution < -0.4 is 10.1 Å². The van der Waals surface area contributed by atoms with Gasteiger partial charge in [-0.3, -0.25) is 29.6 Å². The zero-order valence-corrected chi connectivity index (χ0v) is 23.2. The molecular formula is C32H34N4O5. The van der Waals surface area contributed by atoms with Crippen molar-refractivity contribution in [1.29, 1.82) is 0 Å². The Hall–Kier alpha value is -3.82. The third-order valence-corrected chi connectivity index (χ3v) is 8.93. The Bertz CT molecular complexity index is 1530. The van der Waals surface area contributed by atoms with E-state index in [1.807, 2.05) is 12.1 Å². The van der Waals surface area contributed by atoms with E-state index in [-0.39, 0.29) is 24.3 Å². The molecule has 0 saturated carbocycles. The molecule has 1 N–H and O–H groups in total. The van der Waals surface area contributed by atoms with Crippen molar-refractivity contribution in [1.82, 2.24) is 20.1 Å². The fourth-order valence-electron chi connectivity index (χ4n) is 6.66. The SMILES string of the molecule is C[C@@H]1CN(Cc2ccc3nc([C@H]4CCOC4)ccc3c2)C[C@H]1Oc1ccc2c(c1)CN(C1CCC(=O)NC1=O)C2=O. The van der Waals surface area contributed by atoms with Crippen molar-refractivity contribution in [3.05, 3.63) is 70.9 Å². The Morgan fingerprint density at radius 1 is 1.05 bits per heavy atom. The van der Waals surface area contributed by atoms with Gasteiger partial charge in [0.2, 0.25) is 11.8 Å². The Morgan fingerprint density at radius 3 is 2.78 bits per heavy atom. The summed E-state index contributed by atoms with van der Waals surface area (Å²) in [5.74, 6) is 0.634. The fraction of sp³-hybridized carbons (Fsp3) is 0.438. The van der Waals surface area contributed by atoms with Gasteiger partial charge in [0.1, 0.15) is 17.9 Å². The van der Waals surface area contributed by atoms with Crippen LogP contribution in [0.25, 0.3) is 10.9 Å². The summed E-state index contributed by atoms with van der Waals surface area (Å²) in [6, 6.07) is 15.8. The number of carbonyl (C=O) groups excluding carboxylic acids is 3. The second kappa shape index (κ2) is 10.5. The van der Waals surface area contributed by atoms with Crippen LogP contribution in [0.2, 0.25) is 0 Å². The van der Waals surface area contributed by atoms with E-state index < -0.39 is 11.9 Å². The molecule has 4 aliphatic heterocycles. The van der Waals surface area contributed by atoms with Gasteiger partial charge in [-0.15, -0.1) is 0 Å². The van der Waals surface area contributed by atoms with Crippen molar-refractivity contribution in [2.75, 3.05) is 26.3 Å². The van der Waals surface area contributed by atoms with E-state index in [4.69, 9.17) is 14.5 Å². The normalized spacial score (nSPS) is 26.6. The van der Waals surface area contributed by atoms with Crippen molar-refractivity contribution in [3.8, 4) is 5.75 Å². The second-order valence-electron chi connectivity index (χ2n) is 11.9. The number of ether oxygens (including phenoxy) is 2. The van der Waals surface area contributed by atoms with E-state index in [0.29, 0.717) is 30.4 Å². The Morgan fingerprint density at radius 2 is 1.95 bits per heavy atom. The molecule has 9 nitrogen and oxygen atoms in total. The van der Waals surface area contributed by atoms with Gasteiger partial charge in [0.05, 0.1) is 12.1 Å². The van der Waals surface area contributed by atoms with Gasteiger partial charge in [-0.05, 0) is 60.4 Å². The maximum Gasteiger partial charge on any atom is 0.255 e. The van der Waals surface area contributed by atoms with Crippen molar-refractivity contribution in [2.45, 2.75) is 57.3 Å². The number of aromatic nitrogens is 1. The van der Waals surface area contributed by atoms with Crippen LogP contribution in [0.5, 0.6) is 5.75 Å². The van der Waals surface area contributed by atoms with Crippen LogP contribution in [0.4, 0.5) is 0 Å². The van der Waals surface area contributed by atoms with Gasteiger partial charge >= 0.3 is 0 Å². The van der Waals surface area contributed by atoms with Gasteiger partial charge < -0.3 is 14.4 Å². The summed E-state index contributed by atoms with van der Waals surface area (Å²) < 4.78 is 12.0. The van der Waals surface area contributed by atoms with E-state index in [0.717, 1.165) is 67.2 Å². The van der Waals surface area contributed by atoms with Crippen LogP contribution in [0, 0.1) is 5.92 Å². The number of pyridine rings is 1. The lowest BCUT2D eigenvalue weighted by Gasteiger charge is -2.29. The van der Waals surface area contributed by atoms with Gasteiger partial charge in [0.15, 0.2) is 0 Å². The average molecular weight is 555 g/mol. The van der Waals surface area contributed by atoms with E-state index in [2.05, 4.69) is 47.5 Å². The first-order chi connectivity index (χ1) is 19.9. The Kier molecular flexibility index (Phi) is 6.71. The Balaban J connectivity index is 0.988. The zero-order valence-electron chi connectivity index (χ0n) is 23.2. The Labute approximate surface area is 238 Å². The van der Waals surface area contributed by atoms with Gasteiger partial charge in [0.25, 0.3) is 5.91 Å². The number of benzene rings is 2. The molecule has 7 rings (SSSR count). The number of piperidine rings is 1. The van der Waals surface area contributed by atoms with E-state index in [9.17, 15) is 14.4 Å². The molecule has 2 aromatic carbocycles. The average Bonchev–Trinajstić information content (AvgIpc) is 3.69. The van der Waals surface area contributed by atoms with Crippen LogP contribution in [0.1, 0.15) is 59.3 Å². The quantitative estimate of drug-likeness (QED) is 0.466. The number of imide groups is 1. The molecule has 4 aliphatic rings. The fourth-order valence-corrected chi connectivity index (χ4v) is 6.66. The smallest absolute Gasteiger partial charge is 0.255 e. The largest absolute Gasteiger partial charge is 0.489 e. The first kappa shape index (κ1) is 26.1. The summed E-state index contributed by atoms with van der Waals surface area (Å²) in [5.41, 5.74) is 4.86. The second-order valence-corrected chi connectivity index (χ2v) is 11.9. The third-order valence-electron chi connectivity index (χ3n) is 8.93. The number of rotatable bonds is 6. The highest BCUT2D eigenvalue weighted by molar-refractivity contribution is 6.05. The molecule has 3 aromatic rings. The third kappa shape index (κ3) is 5.08. The molecule has 3 saturated heterocycles.